The van der Waals surface area contributed by atoms with Gasteiger partial charge in [0, 0.05) is 6.04 Å². The predicted molar refractivity (Wildman–Crippen MR) is 86.4 cm³/mol. The number of carbonyl (C=O) groups is 1. The lowest BCUT2D eigenvalue weighted by molar-refractivity contribution is 0.0600. The zero-order valence-corrected chi connectivity index (χ0v) is 13.8. The summed E-state index contributed by atoms with van der Waals surface area (Å²) >= 11 is 0. The number of ether oxygens (including phenoxy) is 1. The third-order valence-electron chi connectivity index (χ3n) is 2.92. The Bertz CT molecular complexity index is 535. The van der Waals surface area contributed by atoms with Crippen molar-refractivity contribution in [3.63, 3.8) is 0 Å². The second kappa shape index (κ2) is 7.52. The van der Waals surface area contributed by atoms with E-state index in [1.54, 1.807) is 24.3 Å². The fraction of sp³-hybridized carbons (Fsp3) is 0.438. The highest BCUT2D eigenvalue weighted by Crippen LogP contribution is 2.22. The minimum atomic E-state index is -1.20. The van der Waals surface area contributed by atoms with Crippen LogP contribution in [0.25, 0.3) is 0 Å². The number of nitrogens with one attached hydrogen (secondary N) is 1. The van der Waals surface area contributed by atoms with Gasteiger partial charge in [-0.1, -0.05) is 18.2 Å². The maximum atomic E-state index is 12.3. The van der Waals surface area contributed by atoms with Gasteiger partial charge in [0.15, 0.2) is 0 Å². The van der Waals surface area contributed by atoms with E-state index < -0.39 is 11.0 Å². The standard InChI is InChI=1S/C16H23NO3S/c1-6-8-14(17-21(19)16(2,3)4)12-9-7-10-13(11-12)15(18)20-5/h6-7,9-11,14,17H,1,8H2,2-5H3/t14?,21-/m0/s1. The van der Waals surface area contributed by atoms with Gasteiger partial charge >= 0.3 is 5.97 Å². The van der Waals surface area contributed by atoms with E-state index in [2.05, 4.69) is 11.3 Å². The summed E-state index contributed by atoms with van der Waals surface area (Å²) in [6.45, 7) is 9.46. The Kier molecular flexibility index (Phi) is 6.30. The highest BCUT2D eigenvalue weighted by Gasteiger charge is 2.23. The van der Waals surface area contributed by atoms with Gasteiger partial charge in [0.1, 0.15) is 0 Å². The highest BCUT2D eigenvalue weighted by atomic mass is 32.2. The lowest BCUT2D eigenvalue weighted by Gasteiger charge is -2.24. The van der Waals surface area contributed by atoms with Crippen LogP contribution in [0.4, 0.5) is 0 Å². The summed E-state index contributed by atoms with van der Waals surface area (Å²) in [7, 11) is 0.148. The Hall–Kier alpha value is -1.46. The van der Waals surface area contributed by atoms with Crippen LogP contribution < -0.4 is 4.72 Å². The van der Waals surface area contributed by atoms with E-state index in [0.29, 0.717) is 12.0 Å². The molecule has 116 valence electrons. The molecule has 2 atom stereocenters. The molecule has 0 saturated heterocycles. The molecule has 1 rings (SSSR count). The molecule has 0 fully saturated rings. The van der Waals surface area contributed by atoms with Crippen molar-refractivity contribution >= 4 is 17.0 Å². The van der Waals surface area contributed by atoms with Crippen LogP contribution in [0.5, 0.6) is 0 Å². The number of methoxy groups -OCH3 is 1. The average Bonchev–Trinajstić information content (AvgIpc) is 2.45. The third kappa shape index (κ3) is 5.10. The molecule has 0 spiro atoms. The molecule has 5 heteroatoms. The molecule has 0 amide bonds. The number of hydrogen-bond acceptors (Lipinski definition) is 3. The SMILES string of the molecule is C=CCC(N[S@@](=O)C(C)(C)C)c1cccc(C(=O)OC)c1. The minimum Gasteiger partial charge on any atom is -0.465 e. The van der Waals surface area contributed by atoms with Gasteiger partial charge in [-0.3, -0.25) is 0 Å². The minimum absolute atomic E-state index is 0.160. The summed E-state index contributed by atoms with van der Waals surface area (Å²) in [5.74, 6) is -0.383. The first-order chi connectivity index (χ1) is 9.79. The molecule has 0 heterocycles. The summed E-state index contributed by atoms with van der Waals surface area (Å²) in [6.07, 6.45) is 2.38. The van der Waals surface area contributed by atoms with Crippen LogP contribution in [0, 0.1) is 0 Å². The van der Waals surface area contributed by atoms with Gasteiger partial charge in [-0.2, -0.15) is 0 Å². The van der Waals surface area contributed by atoms with E-state index in [9.17, 15) is 9.00 Å². The molecule has 0 aliphatic carbocycles. The molecule has 1 aromatic rings. The molecule has 0 radical (unpaired) electrons. The van der Waals surface area contributed by atoms with Crippen LogP contribution in [0.2, 0.25) is 0 Å². The van der Waals surface area contributed by atoms with Gasteiger partial charge < -0.3 is 4.74 Å². The van der Waals surface area contributed by atoms with Crippen LogP contribution in [-0.4, -0.2) is 22.0 Å². The highest BCUT2D eigenvalue weighted by molar-refractivity contribution is 7.84. The molecule has 0 bridgehead atoms. The predicted octanol–water partition coefficient (Wildman–Crippen LogP) is 3.14. The molecule has 0 aliphatic heterocycles. The van der Waals surface area contributed by atoms with Gasteiger partial charge in [0.25, 0.3) is 0 Å². The number of hydrogen-bond donors (Lipinski definition) is 1. The van der Waals surface area contributed by atoms with Gasteiger partial charge in [0.2, 0.25) is 0 Å². The van der Waals surface area contributed by atoms with Crippen LogP contribution in [-0.2, 0) is 15.7 Å². The monoisotopic (exact) mass is 309 g/mol. The van der Waals surface area contributed by atoms with Crippen LogP contribution >= 0.6 is 0 Å². The van der Waals surface area contributed by atoms with Gasteiger partial charge in [-0.05, 0) is 44.9 Å². The van der Waals surface area contributed by atoms with E-state index in [4.69, 9.17) is 4.74 Å². The largest absolute Gasteiger partial charge is 0.465 e. The van der Waals surface area contributed by atoms with Crippen molar-refractivity contribution in [2.75, 3.05) is 7.11 Å². The van der Waals surface area contributed by atoms with Crippen LogP contribution in [0.3, 0.4) is 0 Å². The van der Waals surface area contributed by atoms with Crippen LogP contribution in [0.1, 0.15) is 49.2 Å². The topological polar surface area (TPSA) is 55.4 Å². The van der Waals surface area contributed by atoms with E-state index >= 15 is 0 Å². The second-order valence-electron chi connectivity index (χ2n) is 5.69. The van der Waals surface area contributed by atoms with Gasteiger partial charge in [-0.25, -0.2) is 13.7 Å². The molecular formula is C16H23NO3S. The molecule has 0 aromatic heterocycles. The summed E-state index contributed by atoms with van der Waals surface area (Å²) in [4.78, 5) is 11.6. The first-order valence-electron chi connectivity index (χ1n) is 6.76. The van der Waals surface area contributed by atoms with Crippen LogP contribution in [0.15, 0.2) is 36.9 Å². The fourth-order valence-electron chi connectivity index (χ4n) is 1.73. The number of esters is 1. The van der Waals surface area contributed by atoms with Crippen molar-refractivity contribution in [2.45, 2.75) is 38.0 Å². The van der Waals surface area contributed by atoms with E-state index in [1.807, 2.05) is 26.8 Å². The van der Waals surface area contributed by atoms with Crippen molar-refractivity contribution in [3.8, 4) is 0 Å². The molecule has 1 aromatic carbocycles. The Balaban J connectivity index is 3.03. The third-order valence-corrected chi connectivity index (χ3v) is 4.53. The lowest BCUT2D eigenvalue weighted by Crippen LogP contribution is -2.35. The fourth-order valence-corrected chi connectivity index (χ4v) is 2.57. The summed E-state index contributed by atoms with van der Waals surface area (Å²) < 4.78 is 19.7. The number of carbonyl (C=O) groups excluding carboxylic acids is 1. The lowest BCUT2D eigenvalue weighted by atomic mass is 10.0. The second-order valence-corrected chi connectivity index (χ2v) is 7.69. The normalized spacial score (nSPS) is 14.3. The molecule has 1 unspecified atom stereocenters. The van der Waals surface area contributed by atoms with Gasteiger partial charge in [-0.15, -0.1) is 6.58 Å². The van der Waals surface area contributed by atoms with E-state index in [1.165, 1.54) is 7.11 Å². The van der Waals surface area contributed by atoms with Gasteiger partial charge in [0.05, 0.1) is 28.4 Å². The maximum absolute atomic E-state index is 12.3. The first-order valence-corrected chi connectivity index (χ1v) is 7.91. The van der Waals surface area contributed by atoms with Crippen molar-refractivity contribution < 1.29 is 13.7 Å². The molecule has 1 N–H and O–H groups in total. The maximum Gasteiger partial charge on any atom is 0.337 e. The molecule has 4 nitrogen and oxygen atoms in total. The number of benzene rings is 1. The quantitative estimate of drug-likeness (QED) is 0.649. The summed E-state index contributed by atoms with van der Waals surface area (Å²) in [5, 5.41) is 0. The van der Waals surface area contributed by atoms with Crippen molar-refractivity contribution in [1.82, 2.24) is 4.72 Å². The van der Waals surface area contributed by atoms with E-state index in [0.717, 1.165) is 5.56 Å². The Morgan fingerprint density at radius 3 is 2.67 bits per heavy atom. The van der Waals surface area contributed by atoms with Crippen molar-refractivity contribution in [1.29, 1.82) is 0 Å². The zero-order valence-electron chi connectivity index (χ0n) is 13.0. The average molecular weight is 309 g/mol. The first kappa shape index (κ1) is 17.6. The molecule has 21 heavy (non-hydrogen) atoms. The Labute approximate surface area is 129 Å². The zero-order chi connectivity index (χ0) is 16.0. The smallest absolute Gasteiger partial charge is 0.337 e. The van der Waals surface area contributed by atoms with E-state index in [-0.39, 0.29) is 16.8 Å². The van der Waals surface area contributed by atoms with Crippen molar-refractivity contribution in [3.05, 3.63) is 48.0 Å². The summed E-state index contributed by atoms with van der Waals surface area (Å²) in [6, 6.07) is 6.98. The Morgan fingerprint density at radius 2 is 2.14 bits per heavy atom. The molecule has 0 aliphatic rings. The molecular weight excluding hydrogens is 286 g/mol. The molecule has 0 saturated carbocycles. The van der Waals surface area contributed by atoms with Crippen molar-refractivity contribution in [2.24, 2.45) is 0 Å². The number of rotatable bonds is 6. The Morgan fingerprint density at radius 1 is 1.48 bits per heavy atom. The summed E-state index contributed by atoms with van der Waals surface area (Å²) in [5.41, 5.74) is 1.36.